The van der Waals surface area contributed by atoms with E-state index in [4.69, 9.17) is 9.26 Å². The molecule has 0 radical (unpaired) electrons. The number of rotatable bonds is 5. The first-order chi connectivity index (χ1) is 13.1. The molecule has 1 aliphatic heterocycles. The molecule has 0 amide bonds. The zero-order valence-corrected chi connectivity index (χ0v) is 17.0. The van der Waals surface area contributed by atoms with Crippen molar-refractivity contribution in [1.82, 2.24) is 14.8 Å². The van der Waals surface area contributed by atoms with Gasteiger partial charge in [-0.05, 0) is 18.2 Å². The maximum absolute atomic E-state index is 13.3. The molecule has 1 saturated heterocycles. The van der Waals surface area contributed by atoms with E-state index in [2.05, 4.69) is 10.5 Å². The number of benzene rings is 2. The summed E-state index contributed by atoms with van der Waals surface area (Å²) >= 11 is 0. The van der Waals surface area contributed by atoms with Crippen molar-refractivity contribution < 1.29 is 17.7 Å². The van der Waals surface area contributed by atoms with E-state index >= 15 is 0 Å². The van der Waals surface area contributed by atoms with E-state index in [1.807, 2.05) is 42.5 Å². The van der Waals surface area contributed by atoms with Gasteiger partial charge >= 0.3 is 0 Å². The van der Waals surface area contributed by atoms with Crippen molar-refractivity contribution in [3.05, 3.63) is 59.8 Å². The van der Waals surface area contributed by atoms with Crippen molar-refractivity contribution in [2.24, 2.45) is 0 Å². The van der Waals surface area contributed by atoms with E-state index < -0.39 is 10.0 Å². The van der Waals surface area contributed by atoms with E-state index in [0.29, 0.717) is 36.7 Å². The third kappa shape index (κ3) is 3.86. The first-order valence-corrected chi connectivity index (χ1v) is 10.4. The topological polar surface area (TPSA) is 84.7 Å². The number of hydrogen-bond donors (Lipinski definition) is 1. The Hall–Kier alpha value is -2.13. The number of halogens is 1. The van der Waals surface area contributed by atoms with Gasteiger partial charge < -0.3 is 14.6 Å². The molecule has 9 heteroatoms. The van der Waals surface area contributed by atoms with E-state index in [0.717, 1.165) is 10.9 Å². The number of sulfonamides is 1. The first kappa shape index (κ1) is 20.6. The van der Waals surface area contributed by atoms with Gasteiger partial charge in [0.05, 0.1) is 13.2 Å². The average molecular weight is 424 g/mol. The molecule has 28 heavy (non-hydrogen) atoms. The highest BCUT2D eigenvalue weighted by atomic mass is 35.5. The molecule has 0 aliphatic carbocycles. The van der Waals surface area contributed by atoms with Gasteiger partial charge in [0.2, 0.25) is 10.0 Å². The number of para-hydroxylation sites is 2. The van der Waals surface area contributed by atoms with Gasteiger partial charge in [0.15, 0.2) is 5.58 Å². The molecule has 2 aromatic carbocycles. The predicted octanol–water partition coefficient (Wildman–Crippen LogP) is 2.73. The summed E-state index contributed by atoms with van der Waals surface area (Å²) < 4.78 is 38.8. The second-order valence-corrected chi connectivity index (χ2v) is 8.38. The summed E-state index contributed by atoms with van der Waals surface area (Å²) in [6.07, 6.45) is 0. The van der Waals surface area contributed by atoms with Crippen LogP contribution in [-0.4, -0.2) is 44.6 Å². The molecule has 0 spiro atoms. The number of methoxy groups -OCH3 is 1. The summed E-state index contributed by atoms with van der Waals surface area (Å²) in [7, 11) is -2.01. The van der Waals surface area contributed by atoms with Crippen molar-refractivity contribution in [2.45, 2.75) is 11.8 Å². The average Bonchev–Trinajstić information content (AvgIpc) is 3.10. The number of hydrogen-bond acceptors (Lipinski definition) is 6. The van der Waals surface area contributed by atoms with Crippen molar-refractivity contribution in [3.8, 4) is 5.75 Å². The van der Waals surface area contributed by atoms with Crippen LogP contribution in [0.4, 0.5) is 0 Å². The summed E-state index contributed by atoms with van der Waals surface area (Å²) in [6.45, 7) is 1.52. The van der Waals surface area contributed by atoms with Crippen LogP contribution < -0.4 is 10.1 Å². The molecule has 1 N–H and O–H groups in total. The largest absolute Gasteiger partial charge is 0.496 e. The molecule has 0 saturated carbocycles. The number of nitrogens with one attached hydrogen (secondary N) is 1. The highest BCUT2D eigenvalue weighted by Gasteiger charge is 2.35. The number of aromatic nitrogens is 1. The fraction of sp³-hybridized carbons (Fsp3) is 0.316. The van der Waals surface area contributed by atoms with Crippen molar-refractivity contribution in [2.75, 3.05) is 26.7 Å². The van der Waals surface area contributed by atoms with Crippen LogP contribution in [0.1, 0.15) is 17.3 Å². The SMILES string of the molecule is COc1ccccc1C1CNCCN1S(=O)(=O)Cc1noc2ccccc12.Cl. The van der Waals surface area contributed by atoms with E-state index in [-0.39, 0.29) is 24.2 Å². The minimum absolute atomic E-state index is 0. The van der Waals surface area contributed by atoms with Crippen LogP contribution in [-0.2, 0) is 15.8 Å². The third-order valence-electron chi connectivity index (χ3n) is 4.82. The zero-order valence-electron chi connectivity index (χ0n) is 15.4. The van der Waals surface area contributed by atoms with Crippen LogP contribution in [0.15, 0.2) is 53.1 Å². The standard InChI is InChI=1S/C19H21N3O4S.ClH/c1-25-18-8-4-3-7-15(18)17-12-20-10-11-22(17)27(23,24)13-16-14-6-2-5-9-19(14)26-21-16;/h2-9,17,20H,10-13H2,1H3;1H. The summed E-state index contributed by atoms with van der Waals surface area (Å²) in [5.74, 6) is 0.480. The third-order valence-corrected chi connectivity index (χ3v) is 6.61. The van der Waals surface area contributed by atoms with Gasteiger partial charge in [0.25, 0.3) is 0 Å². The smallest absolute Gasteiger partial charge is 0.220 e. The monoisotopic (exact) mass is 423 g/mol. The van der Waals surface area contributed by atoms with E-state index in [9.17, 15) is 8.42 Å². The van der Waals surface area contributed by atoms with Gasteiger partial charge in [-0.25, -0.2) is 8.42 Å². The minimum Gasteiger partial charge on any atom is -0.496 e. The normalized spacial score (nSPS) is 18.0. The molecule has 0 bridgehead atoms. The Morgan fingerprint density at radius 1 is 1.21 bits per heavy atom. The van der Waals surface area contributed by atoms with Crippen LogP contribution in [0.3, 0.4) is 0 Å². The molecule has 1 aliphatic rings. The van der Waals surface area contributed by atoms with Crippen LogP contribution in [0.5, 0.6) is 5.75 Å². The van der Waals surface area contributed by atoms with Crippen LogP contribution in [0.2, 0.25) is 0 Å². The van der Waals surface area contributed by atoms with E-state index in [1.54, 1.807) is 17.5 Å². The van der Waals surface area contributed by atoms with Crippen molar-refractivity contribution in [1.29, 1.82) is 0 Å². The molecule has 2 heterocycles. The maximum atomic E-state index is 13.3. The lowest BCUT2D eigenvalue weighted by atomic mass is 10.0. The molecule has 1 fully saturated rings. The molecule has 1 atom stereocenters. The molecular weight excluding hydrogens is 402 g/mol. The zero-order chi connectivity index (χ0) is 18.9. The fourth-order valence-corrected chi connectivity index (χ4v) is 5.19. The summed E-state index contributed by atoms with van der Waals surface area (Å²) in [5.41, 5.74) is 1.87. The van der Waals surface area contributed by atoms with Crippen molar-refractivity contribution >= 4 is 33.4 Å². The Labute approximate surface area is 170 Å². The summed E-state index contributed by atoms with van der Waals surface area (Å²) in [4.78, 5) is 0. The molecule has 7 nitrogen and oxygen atoms in total. The number of piperazine rings is 1. The molecule has 1 unspecified atom stereocenters. The molecule has 3 aromatic rings. The van der Waals surface area contributed by atoms with Gasteiger partial charge in [-0.2, -0.15) is 4.31 Å². The van der Waals surface area contributed by atoms with Gasteiger partial charge in [-0.15, -0.1) is 12.4 Å². The molecule has 1 aromatic heterocycles. The fourth-order valence-electron chi connectivity index (χ4n) is 3.52. The van der Waals surface area contributed by atoms with Gasteiger partial charge in [0, 0.05) is 30.6 Å². The number of ether oxygens (including phenoxy) is 1. The lowest BCUT2D eigenvalue weighted by molar-refractivity contribution is 0.264. The highest BCUT2D eigenvalue weighted by Crippen LogP contribution is 2.33. The van der Waals surface area contributed by atoms with E-state index in [1.165, 1.54) is 0 Å². The first-order valence-electron chi connectivity index (χ1n) is 8.76. The second-order valence-electron chi connectivity index (χ2n) is 6.45. The number of nitrogens with zero attached hydrogens (tertiary/aromatic N) is 2. The maximum Gasteiger partial charge on any atom is 0.220 e. The van der Waals surface area contributed by atoms with Crippen molar-refractivity contribution in [3.63, 3.8) is 0 Å². The summed E-state index contributed by atoms with van der Waals surface area (Å²) in [6, 6.07) is 14.5. The lowest BCUT2D eigenvalue weighted by Gasteiger charge is -2.35. The van der Waals surface area contributed by atoms with Gasteiger partial charge in [0.1, 0.15) is 17.2 Å². The second kappa shape index (κ2) is 8.48. The van der Waals surface area contributed by atoms with Crippen LogP contribution in [0.25, 0.3) is 11.0 Å². The number of fused-ring (bicyclic) bond motifs is 1. The highest BCUT2D eigenvalue weighted by molar-refractivity contribution is 7.88. The molecule has 4 rings (SSSR count). The lowest BCUT2D eigenvalue weighted by Crippen LogP contribution is -2.49. The molecular formula is C19H22ClN3O4S. The molecule has 150 valence electrons. The Kier molecular flexibility index (Phi) is 6.24. The minimum atomic E-state index is -3.60. The Bertz CT molecular complexity index is 1050. The summed E-state index contributed by atoms with van der Waals surface area (Å²) in [5, 5.41) is 7.99. The van der Waals surface area contributed by atoms with Crippen LogP contribution in [0, 0.1) is 0 Å². The Morgan fingerprint density at radius 3 is 2.79 bits per heavy atom. The predicted molar refractivity (Wildman–Crippen MR) is 109 cm³/mol. The Balaban J connectivity index is 0.00000225. The Morgan fingerprint density at radius 2 is 1.96 bits per heavy atom. The van der Waals surface area contributed by atoms with Crippen LogP contribution >= 0.6 is 12.4 Å². The van der Waals surface area contributed by atoms with Gasteiger partial charge in [-0.1, -0.05) is 35.5 Å². The van der Waals surface area contributed by atoms with Gasteiger partial charge in [-0.3, -0.25) is 0 Å². The quantitative estimate of drug-likeness (QED) is 0.679.